The van der Waals surface area contributed by atoms with Crippen molar-refractivity contribution in [3.63, 3.8) is 0 Å². The smallest absolute Gasteiger partial charge is 0.482 e. The van der Waals surface area contributed by atoms with Gasteiger partial charge in [0.1, 0.15) is 6.10 Å². The van der Waals surface area contributed by atoms with Crippen molar-refractivity contribution >= 4 is 18.4 Å². The molecule has 0 aliphatic rings. The topological polar surface area (TPSA) is 88.6 Å². The Balaban J connectivity index is 2.21. The molecular formula is C13H15BN2O3. The van der Waals surface area contributed by atoms with E-state index in [1.807, 2.05) is 37.3 Å². The highest BCUT2D eigenvalue weighted by atomic mass is 16.5. The summed E-state index contributed by atoms with van der Waals surface area (Å²) in [6, 6.07) is 11.1. The lowest BCUT2D eigenvalue weighted by molar-refractivity contribution is 0.227. The first kappa shape index (κ1) is 13.4. The molecule has 1 aromatic carbocycles. The number of rotatable bonds is 4. The molecule has 1 atom stereocenters. The third kappa shape index (κ3) is 3.24. The second-order valence-corrected chi connectivity index (χ2v) is 4.20. The molecule has 5 nitrogen and oxygen atoms in total. The minimum atomic E-state index is -1.59. The summed E-state index contributed by atoms with van der Waals surface area (Å²) in [4.78, 5) is 3.88. The Morgan fingerprint density at radius 2 is 1.95 bits per heavy atom. The minimum absolute atomic E-state index is 0.212. The van der Waals surface area contributed by atoms with E-state index in [4.69, 9.17) is 20.5 Å². The van der Waals surface area contributed by atoms with Crippen LogP contribution in [-0.4, -0.2) is 22.2 Å². The average molecular weight is 258 g/mol. The van der Waals surface area contributed by atoms with Crippen molar-refractivity contribution in [1.29, 1.82) is 0 Å². The average Bonchev–Trinajstić information content (AvgIpc) is 2.42. The van der Waals surface area contributed by atoms with Gasteiger partial charge in [-0.25, -0.2) is 4.98 Å². The fourth-order valence-corrected chi connectivity index (χ4v) is 1.69. The molecule has 1 heterocycles. The molecule has 0 radical (unpaired) electrons. The van der Waals surface area contributed by atoms with E-state index in [2.05, 4.69) is 4.98 Å². The molecule has 0 aliphatic carbocycles. The Hall–Kier alpha value is -2.05. The van der Waals surface area contributed by atoms with Gasteiger partial charge in [0.05, 0.1) is 0 Å². The lowest BCUT2D eigenvalue weighted by atomic mass is 9.81. The van der Waals surface area contributed by atoms with Gasteiger partial charge < -0.3 is 20.5 Å². The van der Waals surface area contributed by atoms with Crippen molar-refractivity contribution in [2.75, 3.05) is 5.73 Å². The maximum absolute atomic E-state index is 9.11. The Labute approximate surface area is 111 Å². The monoisotopic (exact) mass is 258 g/mol. The van der Waals surface area contributed by atoms with Crippen LogP contribution in [0.1, 0.15) is 18.6 Å². The molecule has 4 N–H and O–H groups in total. The van der Waals surface area contributed by atoms with Gasteiger partial charge in [0.25, 0.3) is 0 Å². The number of anilines is 1. The fourth-order valence-electron chi connectivity index (χ4n) is 1.69. The quantitative estimate of drug-likeness (QED) is 0.694. The summed E-state index contributed by atoms with van der Waals surface area (Å²) in [6.45, 7) is 1.89. The van der Waals surface area contributed by atoms with Crippen LogP contribution in [0.4, 0.5) is 5.82 Å². The summed E-state index contributed by atoms with van der Waals surface area (Å²) >= 11 is 0. The van der Waals surface area contributed by atoms with Crippen LogP contribution in [0.25, 0.3) is 0 Å². The Kier molecular flexibility index (Phi) is 4.04. The van der Waals surface area contributed by atoms with E-state index in [0.717, 1.165) is 5.56 Å². The largest absolute Gasteiger partial charge is 0.490 e. The zero-order valence-electron chi connectivity index (χ0n) is 10.5. The number of nitrogens with two attached hydrogens (primary N) is 1. The maximum atomic E-state index is 9.11. The van der Waals surface area contributed by atoms with Crippen molar-refractivity contribution in [3.05, 3.63) is 48.2 Å². The fraction of sp³-hybridized carbons (Fsp3) is 0.154. The number of benzene rings is 1. The van der Waals surface area contributed by atoms with Crippen LogP contribution in [0, 0.1) is 0 Å². The number of nitrogens with zero attached hydrogens (tertiary/aromatic N) is 1. The molecule has 2 aromatic rings. The molecule has 1 unspecified atom stereocenters. The lowest BCUT2D eigenvalue weighted by Gasteiger charge is -2.16. The third-order valence-electron chi connectivity index (χ3n) is 2.77. The molecule has 19 heavy (non-hydrogen) atoms. The van der Waals surface area contributed by atoms with Crippen molar-refractivity contribution in [2.45, 2.75) is 13.0 Å². The molecule has 6 heteroatoms. The van der Waals surface area contributed by atoms with E-state index in [-0.39, 0.29) is 17.4 Å². The number of aromatic nitrogens is 1. The number of ether oxygens (including phenoxy) is 1. The van der Waals surface area contributed by atoms with Crippen LogP contribution in [0.2, 0.25) is 0 Å². The second kappa shape index (κ2) is 5.73. The predicted molar refractivity (Wildman–Crippen MR) is 74.0 cm³/mol. The van der Waals surface area contributed by atoms with Gasteiger partial charge in [0, 0.05) is 11.7 Å². The zero-order valence-corrected chi connectivity index (χ0v) is 10.5. The summed E-state index contributed by atoms with van der Waals surface area (Å²) < 4.78 is 5.71. The molecule has 0 amide bonds. The van der Waals surface area contributed by atoms with Gasteiger partial charge >= 0.3 is 7.12 Å². The maximum Gasteiger partial charge on any atom is 0.490 e. The number of hydrogen-bond acceptors (Lipinski definition) is 5. The lowest BCUT2D eigenvalue weighted by Crippen LogP contribution is -2.30. The van der Waals surface area contributed by atoms with Gasteiger partial charge in [-0.2, -0.15) is 0 Å². The van der Waals surface area contributed by atoms with Crippen LogP contribution in [0.3, 0.4) is 0 Å². The summed E-state index contributed by atoms with van der Waals surface area (Å²) in [5.41, 5.74) is 6.95. The van der Waals surface area contributed by atoms with E-state index in [0.29, 0.717) is 5.75 Å². The molecule has 0 bridgehead atoms. The Bertz CT molecular complexity index is 549. The molecule has 98 valence electrons. The molecule has 0 aliphatic heterocycles. The Morgan fingerprint density at radius 3 is 2.58 bits per heavy atom. The standard InChI is InChI=1S/C13H15BN2O3/c1-9(10-5-3-2-4-6-10)19-12-7-11(14(17)18)8-16-13(12)15/h2-9,17-18H,1H3,(H2,15,16). The van der Waals surface area contributed by atoms with Crippen LogP contribution >= 0.6 is 0 Å². The van der Waals surface area contributed by atoms with Crippen molar-refractivity contribution in [3.8, 4) is 5.75 Å². The number of hydrogen-bond donors (Lipinski definition) is 3. The first-order valence-electron chi connectivity index (χ1n) is 5.91. The van der Waals surface area contributed by atoms with Gasteiger partial charge in [-0.15, -0.1) is 0 Å². The van der Waals surface area contributed by atoms with Crippen LogP contribution in [-0.2, 0) is 0 Å². The van der Waals surface area contributed by atoms with Gasteiger partial charge in [0.15, 0.2) is 11.6 Å². The van der Waals surface area contributed by atoms with Gasteiger partial charge in [0.2, 0.25) is 0 Å². The van der Waals surface area contributed by atoms with Gasteiger partial charge in [-0.05, 0) is 18.6 Å². The van der Waals surface area contributed by atoms with Crippen molar-refractivity contribution in [2.24, 2.45) is 0 Å². The van der Waals surface area contributed by atoms with Gasteiger partial charge in [-0.3, -0.25) is 0 Å². The van der Waals surface area contributed by atoms with Gasteiger partial charge in [-0.1, -0.05) is 30.3 Å². The summed E-state index contributed by atoms with van der Waals surface area (Å²) in [6.07, 6.45) is 1.09. The summed E-state index contributed by atoms with van der Waals surface area (Å²) in [5.74, 6) is 0.550. The van der Waals surface area contributed by atoms with Crippen molar-refractivity contribution < 1.29 is 14.8 Å². The molecular weight excluding hydrogens is 243 g/mol. The summed E-state index contributed by atoms with van der Waals surface area (Å²) in [7, 11) is -1.59. The van der Waals surface area contributed by atoms with E-state index in [1.165, 1.54) is 12.3 Å². The molecule has 0 saturated heterocycles. The molecule has 0 fully saturated rings. The highest BCUT2D eigenvalue weighted by molar-refractivity contribution is 6.58. The summed E-state index contributed by atoms with van der Waals surface area (Å²) in [5, 5.41) is 18.2. The molecule has 2 rings (SSSR count). The molecule has 0 saturated carbocycles. The third-order valence-corrected chi connectivity index (χ3v) is 2.77. The molecule has 0 spiro atoms. The van der Waals surface area contributed by atoms with E-state index in [9.17, 15) is 0 Å². The van der Waals surface area contributed by atoms with Crippen LogP contribution in [0.15, 0.2) is 42.6 Å². The second-order valence-electron chi connectivity index (χ2n) is 4.20. The van der Waals surface area contributed by atoms with Crippen LogP contribution in [0.5, 0.6) is 5.75 Å². The first-order chi connectivity index (χ1) is 9.08. The minimum Gasteiger partial charge on any atom is -0.482 e. The van der Waals surface area contributed by atoms with Crippen LogP contribution < -0.4 is 15.9 Å². The van der Waals surface area contributed by atoms with Crippen molar-refractivity contribution in [1.82, 2.24) is 4.98 Å². The Morgan fingerprint density at radius 1 is 1.26 bits per heavy atom. The highest BCUT2D eigenvalue weighted by Gasteiger charge is 2.16. The first-order valence-corrected chi connectivity index (χ1v) is 5.91. The predicted octanol–water partition coefficient (Wildman–Crippen LogP) is 0.484. The normalized spacial score (nSPS) is 11.9. The number of pyridine rings is 1. The van der Waals surface area contributed by atoms with E-state index in [1.54, 1.807) is 0 Å². The van der Waals surface area contributed by atoms with E-state index < -0.39 is 7.12 Å². The SMILES string of the molecule is CC(Oc1cc(B(O)O)cnc1N)c1ccccc1. The highest BCUT2D eigenvalue weighted by Crippen LogP contribution is 2.24. The zero-order chi connectivity index (χ0) is 13.8. The molecule has 1 aromatic heterocycles. The van der Waals surface area contributed by atoms with E-state index >= 15 is 0 Å². The number of nitrogen functional groups attached to an aromatic ring is 1.